The van der Waals surface area contributed by atoms with Gasteiger partial charge in [0, 0.05) is 35.1 Å². The van der Waals surface area contributed by atoms with Crippen LogP contribution in [0.1, 0.15) is 63.1 Å². The van der Waals surface area contributed by atoms with Crippen molar-refractivity contribution in [2.75, 3.05) is 6.61 Å². The van der Waals surface area contributed by atoms with Crippen LogP contribution in [-0.2, 0) is 4.74 Å². The maximum Gasteiger partial charge on any atom is 0.201 e. The van der Waals surface area contributed by atoms with E-state index in [0.29, 0.717) is 6.42 Å². The first-order valence-corrected chi connectivity index (χ1v) is 8.71. The first-order chi connectivity index (χ1) is 13.1. The molecule has 1 saturated heterocycles. The molecule has 1 aliphatic heterocycles. The molecule has 0 unspecified atom stereocenters. The van der Waals surface area contributed by atoms with E-state index in [1.54, 1.807) is 0 Å². The van der Waals surface area contributed by atoms with Crippen molar-refractivity contribution < 1.29 is 39.9 Å². The number of aliphatic hydroxyl groups is 1. The lowest BCUT2D eigenvalue weighted by atomic mass is 9.79. The molecule has 8 heteroatoms. The number of carbonyl (C=O) groups excluding carboxylic acids is 2. The minimum atomic E-state index is -1.31. The van der Waals surface area contributed by atoms with Gasteiger partial charge in [0.15, 0.2) is 11.6 Å². The summed E-state index contributed by atoms with van der Waals surface area (Å²) in [4.78, 5) is 25.7. The molecule has 146 valence electrons. The molecule has 5 N–H and O–H groups in total. The zero-order valence-corrected chi connectivity index (χ0v) is 14.9. The van der Waals surface area contributed by atoms with Gasteiger partial charge in [-0.15, -0.1) is 0 Å². The monoisotopic (exact) mass is 386 g/mol. The summed E-state index contributed by atoms with van der Waals surface area (Å²) in [6.07, 6.45) is 0.633. The predicted octanol–water partition coefficient (Wildman–Crippen LogP) is 1.89. The first kappa shape index (κ1) is 18.3. The first-order valence-electron chi connectivity index (χ1n) is 8.71. The molecule has 1 fully saturated rings. The van der Waals surface area contributed by atoms with Gasteiger partial charge < -0.3 is 30.3 Å². The van der Waals surface area contributed by atoms with Crippen molar-refractivity contribution >= 4 is 11.6 Å². The van der Waals surface area contributed by atoms with Gasteiger partial charge in [-0.3, -0.25) is 9.59 Å². The normalized spacial score (nSPS) is 24.0. The van der Waals surface area contributed by atoms with Crippen molar-refractivity contribution in [2.45, 2.75) is 31.5 Å². The van der Waals surface area contributed by atoms with E-state index < -0.39 is 40.5 Å². The molecule has 4 rings (SSSR count). The summed E-state index contributed by atoms with van der Waals surface area (Å²) in [5.41, 5.74) is -1.01. The average molecular weight is 386 g/mol. The van der Waals surface area contributed by atoms with Crippen molar-refractivity contribution in [1.29, 1.82) is 0 Å². The quantitative estimate of drug-likeness (QED) is 0.426. The average Bonchev–Trinajstić information content (AvgIpc) is 2.59. The predicted molar refractivity (Wildman–Crippen MR) is 95.0 cm³/mol. The molecule has 2 atom stereocenters. The number of hydrogen-bond donors (Lipinski definition) is 5. The summed E-state index contributed by atoms with van der Waals surface area (Å²) >= 11 is 0. The summed E-state index contributed by atoms with van der Waals surface area (Å²) in [6, 6.07) is 3.09. The van der Waals surface area contributed by atoms with E-state index in [0.717, 1.165) is 18.2 Å². The Morgan fingerprint density at radius 1 is 0.964 bits per heavy atom. The fraction of sp³-hybridized carbons (Fsp3) is 0.300. The van der Waals surface area contributed by atoms with E-state index in [1.807, 2.05) is 0 Å². The van der Waals surface area contributed by atoms with Gasteiger partial charge >= 0.3 is 0 Å². The Morgan fingerprint density at radius 3 is 2.29 bits per heavy atom. The number of phenols is 4. The Hall–Kier alpha value is -3.10. The number of rotatable bonds is 1. The van der Waals surface area contributed by atoms with E-state index in [9.17, 15) is 35.1 Å². The van der Waals surface area contributed by atoms with Gasteiger partial charge in [-0.05, 0) is 25.5 Å². The van der Waals surface area contributed by atoms with Crippen molar-refractivity contribution in [2.24, 2.45) is 0 Å². The highest BCUT2D eigenvalue weighted by Crippen LogP contribution is 2.47. The highest BCUT2D eigenvalue weighted by Gasteiger charge is 2.39. The van der Waals surface area contributed by atoms with Gasteiger partial charge in [0.25, 0.3) is 0 Å². The number of carbonyl (C=O) groups is 2. The third-order valence-electron chi connectivity index (χ3n) is 5.32. The van der Waals surface area contributed by atoms with Crippen LogP contribution in [0.25, 0.3) is 0 Å². The SMILES string of the molecule is C[C@@]1(O)CC[C@@H](c2c(O)cc3c(c2O)C(=O)c2c(O)cc(O)cc2C3=O)CO1. The summed E-state index contributed by atoms with van der Waals surface area (Å²) in [5.74, 6) is -5.21. The largest absolute Gasteiger partial charge is 0.508 e. The Kier molecular flexibility index (Phi) is 3.88. The number of hydrogen-bond acceptors (Lipinski definition) is 8. The van der Waals surface area contributed by atoms with Crippen LogP contribution in [0.4, 0.5) is 0 Å². The lowest BCUT2D eigenvalue weighted by Crippen LogP contribution is -2.35. The molecule has 8 nitrogen and oxygen atoms in total. The van der Waals surface area contributed by atoms with E-state index in [2.05, 4.69) is 0 Å². The summed E-state index contributed by atoms with van der Waals surface area (Å²) in [5, 5.41) is 50.8. The molecule has 1 heterocycles. The van der Waals surface area contributed by atoms with Gasteiger partial charge in [-0.1, -0.05) is 0 Å². The fourth-order valence-electron chi connectivity index (χ4n) is 3.89. The van der Waals surface area contributed by atoms with Gasteiger partial charge in [0.05, 0.1) is 17.7 Å². The zero-order valence-electron chi connectivity index (χ0n) is 14.9. The number of benzene rings is 2. The van der Waals surface area contributed by atoms with Crippen LogP contribution in [0.2, 0.25) is 0 Å². The molecular formula is C20H18O8. The van der Waals surface area contributed by atoms with Crippen molar-refractivity contribution in [3.8, 4) is 23.0 Å². The third kappa shape index (κ3) is 2.61. The van der Waals surface area contributed by atoms with Crippen LogP contribution < -0.4 is 0 Å². The van der Waals surface area contributed by atoms with Crippen LogP contribution in [0.5, 0.6) is 23.0 Å². The standard InChI is InChI=1S/C20H18O8/c1-20(27)3-2-8(7-28-20)14-13(23)6-11-16(18(14)25)19(26)15-10(17(11)24)4-9(21)5-12(15)22/h4-6,8,21-23,25,27H,2-3,7H2,1H3/t8-,20+/m1/s1. The molecule has 0 aromatic heterocycles. The van der Waals surface area contributed by atoms with Gasteiger partial charge in [0.1, 0.15) is 23.0 Å². The highest BCUT2D eigenvalue weighted by molar-refractivity contribution is 6.30. The summed E-state index contributed by atoms with van der Waals surface area (Å²) < 4.78 is 5.34. The van der Waals surface area contributed by atoms with Crippen LogP contribution >= 0.6 is 0 Å². The smallest absolute Gasteiger partial charge is 0.201 e. The Labute approximate surface area is 159 Å². The highest BCUT2D eigenvalue weighted by atomic mass is 16.6. The minimum Gasteiger partial charge on any atom is -0.508 e. The Balaban J connectivity index is 1.87. The Morgan fingerprint density at radius 2 is 1.64 bits per heavy atom. The molecule has 0 spiro atoms. The maximum atomic E-state index is 12.9. The third-order valence-corrected chi connectivity index (χ3v) is 5.32. The van der Waals surface area contributed by atoms with Gasteiger partial charge in [0.2, 0.25) is 5.78 Å². The second-order valence-corrected chi connectivity index (χ2v) is 7.35. The van der Waals surface area contributed by atoms with E-state index >= 15 is 0 Å². The van der Waals surface area contributed by atoms with Crippen LogP contribution in [-0.4, -0.2) is 49.5 Å². The molecule has 2 aromatic carbocycles. The number of phenolic OH excluding ortho intramolecular Hbond substituents is 4. The van der Waals surface area contributed by atoms with Crippen molar-refractivity contribution in [3.05, 3.63) is 46.0 Å². The number of ketones is 2. The lowest BCUT2D eigenvalue weighted by Gasteiger charge is -2.34. The Bertz CT molecular complexity index is 1030. The second kappa shape index (κ2) is 5.95. The number of fused-ring (bicyclic) bond motifs is 2. The summed E-state index contributed by atoms with van der Waals surface area (Å²) in [6.45, 7) is 1.51. The molecule has 0 bridgehead atoms. The molecule has 1 aliphatic carbocycles. The number of ether oxygens (including phenoxy) is 1. The zero-order chi connectivity index (χ0) is 20.4. The second-order valence-electron chi connectivity index (χ2n) is 7.35. The van der Waals surface area contributed by atoms with Crippen LogP contribution in [0.3, 0.4) is 0 Å². The minimum absolute atomic E-state index is 0.00472. The van der Waals surface area contributed by atoms with Crippen molar-refractivity contribution in [3.63, 3.8) is 0 Å². The summed E-state index contributed by atoms with van der Waals surface area (Å²) in [7, 11) is 0. The molecule has 28 heavy (non-hydrogen) atoms. The van der Waals surface area contributed by atoms with Crippen LogP contribution in [0.15, 0.2) is 18.2 Å². The molecule has 2 aromatic rings. The van der Waals surface area contributed by atoms with E-state index in [-0.39, 0.29) is 46.6 Å². The maximum absolute atomic E-state index is 12.9. The van der Waals surface area contributed by atoms with Gasteiger partial charge in [-0.2, -0.15) is 0 Å². The molecule has 0 saturated carbocycles. The lowest BCUT2D eigenvalue weighted by molar-refractivity contribution is -0.215. The number of aromatic hydroxyl groups is 4. The molecular weight excluding hydrogens is 368 g/mol. The van der Waals surface area contributed by atoms with Crippen LogP contribution in [0, 0.1) is 0 Å². The van der Waals surface area contributed by atoms with E-state index in [4.69, 9.17) is 4.74 Å². The molecule has 2 aliphatic rings. The fourth-order valence-corrected chi connectivity index (χ4v) is 3.89. The van der Waals surface area contributed by atoms with E-state index in [1.165, 1.54) is 6.92 Å². The van der Waals surface area contributed by atoms with Gasteiger partial charge in [-0.25, -0.2) is 0 Å². The van der Waals surface area contributed by atoms with Crippen molar-refractivity contribution in [1.82, 2.24) is 0 Å². The topological polar surface area (TPSA) is 145 Å². The molecule has 0 amide bonds. The molecule has 0 radical (unpaired) electrons.